The maximum absolute atomic E-state index is 12.6. The van der Waals surface area contributed by atoms with E-state index in [1.54, 1.807) is 0 Å². The van der Waals surface area contributed by atoms with Crippen LogP contribution in [0.25, 0.3) is 11.4 Å². The number of Topliss-reactive ketones (excluding diaryl/α,β-unsaturated/α-hetero) is 1. The average molecular weight is 399 g/mol. The topological polar surface area (TPSA) is 60.7 Å². The molecule has 0 aliphatic carbocycles. The highest BCUT2D eigenvalue weighted by Gasteiger charge is 2.16. The zero-order chi connectivity index (χ0) is 18.0. The van der Waals surface area contributed by atoms with Gasteiger partial charge in [-0.2, -0.15) is 0 Å². The van der Waals surface area contributed by atoms with Gasteiger partial charge in [0.05, 0.1) is 0 Å². The Morgan fingerprint density at radius 3 is 2.28 bits per heavy atom. The van der Waals surface area contributed by atoms with Crippen LogP contribution in [-0.4, -0.2) is 26.0 Å². The lowest BCUT2D eigenvalue weighted by Gasteiger charge is -2.19. The number of hydrogen-bond acceptors (Lipinski definition) is 4. The molecule has 1 heterocycles. The first-order chi connectivity index (χ1) is 11.8. The summed E-state index contributed by atoms with van der Waals surface area (Å²) in [5.41, 5.74) is 2.78. The number of benzene rings is 2. The molecule has 0 aliphatic heterocycles. The molecule has 0 unspecified atom stereocenters. The predicted molar refractivity (Wildman–Crippen MR) is 100 cm³/mol. The monoisotopic (exact) mass is 398 g/mol. The van der Waals surface area contributed by atoms with Gasteiger partial charge >= 0.3 is 0 Å². The molecule has 0 radical (unpaired) electrons. The molecule has 0 fully saturated rings. The molecule has 0 atom stereocenters. The van der Waals surface area contributed by atoms with Crippen molar-refractivity contribution in [2.24, 2.45) is 0 Å². The highest BCUT2D eigenvalue weighted by molar-refractivity contribution is 9.10. The molecular formula is C19H19BrN4O. The second-order valence-corrected chi connectivity index (χ2v) is 7.83. The van der Waals surface area contributed by atoms with Gasteiger partial charge in [-0.05, 0) is 33.5 Å². The van der Waals surface area contributed by atoms with E-state index in [-0.39, 0.29) is 17.7 Å². The Bertz CT molecular complexity index is 877. The van der Waals surface area contributed by atoms with E-state index in [4.69, 9.17) is 0 Å². The van der Waals surface area contributed by atoms with E-state index in [1.165, 1.54) is 10.2 Å². The van der Waals surface area contributed by atoms with Gasteiger partial charge < -0.3 is 0 Å². The average Bonchev–Trinajstić information content (AvgIpc) is 3.03. The quantitative estimate of drug-likeness (QED) is 0.615. The predicted octanol–water partition coefficient (Wildman–Crippen LogP) is 4.28. The maximum Gasteiger partial charge on any atom is 0.184 e. The first-order valence-electron chi connectivity index (χ1n) is 8.00. The summed E-state index contributed by atoms with van der Waals surface area (Å²) in [6.45, 7) is 6.55. The van der Waals surface area contributed by atoms with E-state index >= 15 is 0 Å². The van der Waals surface area contributed by atoms with Crippen molar-refractivity contribution >= 4 is 21.7 Å². The summed E-state index contributed by atoms with van der Waals surface area (Å²) in [6, 6.07) is 15.4. The number of carbonyl (C=O) groups is 1. The Hall–Kier alpha value is -2.34. The number of aromatic nitrogens is 4. The van der Waals surface area contributed by atoms with E-state index in [1.807, 2.05) is 48.5 Å². The summed E-state index contributed by atoms with van der Waals surface area (Å²) in [7, 11) is 0. The van der Waals surface area contributed by atoms with Gasteiger partial charge in [-0.15, -0.1) is 5.10 Å². The summed E-state index contributed by atoms with van der Waals surface area (Å²) >= 11 is 3.41. The van der Waals surface area contributed by atoms with Crippen LogP contribution in [0.3, 0.4) is 0 Å². The number of hydrogen-bond donors (Lipinski definition) is 0. The van der Waals surface area contributed by atoms with Crippen LogP contribution in [0, 0.1) is 0 Å². The molecule has 1 aromatic heterocycles. The Kier molecular flexibility index (Phi) is 4.81. The highest BCUT2D eigenvalue weighted by Crippen LogP contribution is 2.23. The van der Waals surface area contributed by atoms with Gasteiger partial charge in [0.15, 0.2) is 11.6 Å². The van der Waals surface area contributed by atoms with Gasteiger partial charge in [-0.3, -0.25) is 4.79 Å². The van der Waals surface area contributed by atoms with Gasteiger partial charge in [-0.25, -0.2) is 4.68 Å². The van der Waals surface area contributed by atoms with Crippen LogP contribution in [0.1, 0.15) is 36.7 Å². The lowest BCUT2D eigenvalue weighted by Crippen LogP contribution is -2.14. The van der Waals surface area contributed by atoms with Gasteiger partial charge in [0.25, 0.3) is 0 Å². The molecule has 0 bridgehead atoms. The molecule has 0 N–H and O–H groups in total. The van der Waals surface area contributed by atoms with Crippen molar-refractivity contribution in [2.45, 2.75) is 32.7 Å². The van der Waals surface area contributed by atoms with E-state index in [0.29, 0.717) is 11.4 Å². The van der Waals surface area contributed by atoms with Crippen molar-refractivity contribution in [3.63, 3.8) is 0 Å². The molecule has 6 heteroatoms. The lowest BCUT2D eigenvalue weighted by atomic mass is 9.86. The zero-order valence-electron chi connectivity index (χ0n) is 14.4. The number of nitrogens with zero attached hydrogens (tertiary/aromatic N) is 4. The molecule has 0 amide bonds. The Morgan fingerprint density at radius 1 is 1.04 bits per heavy atom. The fraction of sp³-hybridized carbons (Fsp3) is 0.263. The summed E-state index contributed by atoms with van der Waals surface area (Å²) < 4.78 is 2.51. The summed E-state index contributed by atoms with van der Waals surface area (Å²) in [5, 5.41) is 11.7. The molecule has 5 nitrogen and oxygen atoms in total. The molecular weight excluding hydrogens is 380 g/mol. The minimum Gasteiger partial charge on any atom is -0.292 e. The van der Waals surface area contributed by atoms with E-state index < -0.39 is 0 Å². The van der Waals surface area contributed by atoms with Crippen molar-refractivity contribution in [1.82, 2.24) is 20.2 Å². The number of rotatable bonds is 4. The number of ketones is 1. The SMILES string of the molecule is CC(C)(C)c1ccc(C(=O)Cn2nnnc2-c2ccc(Br)cc2)cc1. The first-order valence-corrected chi connectivity index (χ1v) is 8.80. The van der Waals surface area contributed by atoms with Crippen LogP contribution in [0.4, 0.5) is 0 Å². The van der Waals surface area contributed by atoms with Crippen molar-refractivity contribution in [1.29, 1.82) is 0 Å². The summed E-state index contributed by atoms with van der Waals surface area (Å²) in [6.07, 6.45) is 0. The van der Waals surface area contributed by atoms with Crippen LogP contribution in [0.2, 0.25) is 0 Å². The molecule has 3 rings (SSSR count). The fourth-order valence-corrected chi connectivity index (χ4v) is 2.76. The molecule has 0 aliphatic rings. The van der Waals surface area contributed by atoms with Crippen molar-refractivity contribution in [3.05, 3.63) is 64.1 Å². The Labute approximate surface area is 155 Å². The van der Waals surface area contributed by atoms with Crippen LogP contribution < -0.4 is 0 Å². The van der Waals surface area contributed by atoms with Crippen molar-refractivity contribution in [3.8, 4) is 11.4 Å². The van der Waals surface area contributed by atoms with Crippen LogP contribution in [0.15, 0.2) is 53.0 Å². The molecule has 25 heavy (non-hydrogen) atoms. The van der Waals surface area contributed by atoms with Crippen molar-refractivity contribution < 1.29 is 4.79 Å². The molecule has 0 saturated carbocycles. The van der Waals surface area contributed by atoms with Crippen LogP contribution in [0.5, 0.6) is 0 Å². The van der Waals surface area contributed by atoms with E-state index in [0.717, 1.165) is 10.0 Å². The van der Waals surface area contributed by atoms with Gasteiger partial charge in [-0.1, -0.05) is 73.1 Å². The third-order valence-electron chi connectivity index (χ3n) is 4.00. The minimum absolute atomic E-state index is 0.0221. The minimum atomic E-state index is -0.0221. The lowest BCUT2D eigenvalue weighted by molar-refractivity contribution is 0.0967. The second-order valence-electron chi connectivity index (χ2n) is 6.92. The molecule has 0 spiro atoms. The third-order valence-corrected chi connectivity index (χ3v) is 4.53. The third kappa shape index (κ3) is 4.02. The van der Waals surface area contributed by atoms with E-state index in [2.05, 4.69) is 52.2 Å². The van der Waals surface area contributed by atoms with E-state index in [9.17, 15) is 4.79 Å². The van der Waals surface area contributed by atoms with Gasteiger partial charge in [0, 0.05) is 15.6 Å². The van der Waals surface area contributed by atoms with Gasteiger partial charge in [0.2, 0.25) is 0 Å². The number of halogens is 1. The standard InChI is InChI=1S/C19H19BrN4O/c1-19(2,3)15-8-4-13(5-9-15)17(25)12-24-18(21-22-23-24)14-6-10-16(20)11-7-14/h4-11H,12H2,1-3H3. The molecule has 3 aromatic rings. The fourth-order valence-electron chi connectivity index (χ4n) is 2.50. The Balaban J connectivity index is 1.80. The smallest absolute Gasteiger partial charge is 0.184 e. The van der Waals surface area contributed by atoms with Gasteiger partial charge in [0.1, 0.15) is 6.54 Å². The summed E-state index contributed by atoms with van der Waals surface area (Å²) in [5.74, 6) is 0.554. The van der Waals surface area contributed by atoms with Crippen molar-refractivity contribution in [2.75, 3.05) is 0 Å². The number of carbonyl (C=O) groups excluding carboxylic acids is 1. The first kappa shape index (κ1) is 17.5. The molecule has 2 aromatic carbocycles. The highest BCUT2D eigenvalue weighted by atomic mass is 79.9. The van der Waals surface area contributed by atoms with Crippen LogP contribution in [-0.2, 0) is 12.0 Å². The van der Waals surface area contributed by atoms with Crippen LogP contribution >= 0.6 is 15.9 Å². The summed E-state index contributed by atoms with van der Waals surface area (Å²) in [4.78, 5) is 12.6. The second kappa shape index (κ2) is 6.88. The zero-order valence-corrected chi connectivity index (χ0v) is 16.0. The molecule has 0 saturated heterocycles. The maximum atomic E-state index is 12.6. The largest absolute Gasteiger partial charge is 0.292 e. The number of tetrazole rings is 1. The molecule has 128 valence electrons. The Morgan fingerprint density at radius 2 is 1.68 bits per heavy atom. The normalized spacial score (nSPS) is 11.5.